The number of nitrogens with zero attached hydrogens (tertiary/aromatic N) is 1. The molecule has 1 aromatic rings. The Labute approximate surface area is 102 Å². The number of rotatable bonds is 2. The minimum Gasteiger partial charge on any atom is -0.207 e. The number of fused-ring (bicyclic) bond motifs is 1. The molecule has 0 amide bonds. The third-order valence-electron chi connectivity index (χ3n) is 3.91. The van der Waals surface area contributed by atoms with Gasteiger partial charge in [0.1, 0.15) is 0 Å². The Hall–Kier alpha value is -0.870. The predicted molar refractivity (Wildman–Crippen MR) is 66.2 cm³/mol. The van der Waals surface area contributed by atoms with Gasteiger partial charge < -0.3 is 0 Å². The Balaban J connectivity index is 1.95. The lowest BCUT2D eigenvalue weighted by molar-refractivity contribution is 0.544. The van der Waals surface area contributed by atoms with Crippen LogP contribution in [-0.2, 0) is 10.0 Å². The first-order valence-corrected chi connectivity index (χ1v) is 7.65. The SMILES string of the molecule is Cc1ccccc1S(=O)(=O)N1C2CCCCC21. The smallest absolute Gasteiger partial charge is 0.207 e. The Morgan fingerprint density at radius 1 is 1.12 bits per heavy atom. The summed E-state index contributed by atoms with van der Waals surface area (Å²) in [5.41, 5.74) is 0.844. The summed E-state index contributed by atoms with van der Waals surface area (Å²) >= 11 is 0. The van der Waals surface area contributed by atoms with Crippen molar-refractivity contribution < 1.29 is 8.42 Å². The maximum atomic E-state index is 12.5. The van der Waals surface area contributed by atoms with Crippen molar-refractivity contribution in [2.75, 3.05) is 0 Å². The van der Waals surface area contributed by atoms with Gasteiger partial charge in [0.2, 0.25) is 10.0 Å². The molecule has 17 heavy (non-hydrogen) atoms. The molecule has 0 aromatic heterocycles. The van der Waals surface area contributed by atoms with Crippen LogP contribution >= 0.6 is 0 Å². The molecule has 4 heteroatoms. The van der Waals surface area contributed by atoms with E-state index in [1.165, 1.54) is 12.8 Å². The average Bonchev–Trinajstić information content (AvgIpc) is 3.04. The minimum absolute atomic E-state index is 0.286. The van der Waals surface area contributed by atoms with Crippen molar-refractivity contribution in [1.82, 2.24) is 4.31 Å². The van der Waals surface area contributed by atoms with E-state index in [0.29, 0.717) is 4.90 Å². The van der Waals surface area contributed by atoms with Crippen molar-refractivity contribution >= 4 is 10.0 Å². The van der Waals surface area contributed by atoms with Crippen LogP contribution < -0.4 is 0 Å². The normalized spacial score (nSPS) is 31.9. The van der Waals surface area contributed by atoms with Crippen LogP contribution in [0.25, 0.3) is 0 Å². The van der Waals surface area contributed by atoms with E-state index in [9.17, 15) is 8.42 Å². The standard InChI is InChI=1S/C13H17NO2S/c1-10-6-2-5-9-13(10)17(15,16)14-11-7-3-4-8-12(11)14/h2,5-6,9,11-12H,3-4,7-8H2,1H3. The summed E-state index contributed by atoms with van der Waals surface area (Å²) < 4.78 is 26.7. The molecule has 1 aromatic carbocycles. The summed E-state index contributed by atoms with van der Waals surface area (Å²) in [7, 11) is -3.25. The lowest BCUT2D eigenvalue weighted by atomic mass is 10.0. The lowest BCUT2D eigenvalue weighted by Gasteiger charge is -2.08. The van der Waals surface area contributed by atoms with E-state index in [1.54, 1.807) is 16.4 Å². The van der Waals surface area contributed by atoms with Gasteiger partial charge in [-0.25, -0.2) is 8.42 Å². The summed E-state index contributed by atoms with van der Waals surface area (Å²) in [4.78, 5) is 0.481. The summed E-state index contributed by atoms with van der Waals surface area (Å²) in [5, 5.41) is 0. The number of benzene rings is 1. The molecule has 3 rings (SSSR count). The van der Waals surface area contributed by atoms with E-state index in [4.69, 9.17) is 0 Å². The molecule has 1 saturated carbocycles. The highest BCUT2D eigenvalue weighted by Gasteiger charge is 2.55. The number of aryl methyl sites for hydroxylation is 1. The van der Waals surface area contributed by atoms with Gasteiger partial charge in [-0.05, 0) is 31.4 Å². The van der Waals surface area contributed by atoms with Crippen molar-refractivity contribution in [1.29, 1.82) is 0 Å². The average molecular weight is 251 g/mol. The molecule has 0 radical (unpaired) electrons. The summed E-state index contributed by atoms with van der Waals surface area (Å²) in [6.45, 7) is 1.86. The second-order valence-corrected chi connectivity index (χ2v) is 6.83. The second kappa shape index (κ2) is 3.82. The number of sulfonamides is 1. The molecule has 0 spiro atoms. The quantitative estimate of drug-likeness (QED) is 0.756. The van der Waals surface area contributed by atoms with E-state index < -0.39 is 10.0 Å². The first-order chi connectivity index (χ1) is 8.12. The first kappa shape index (κ1) is 11.2. The van der Waals surface area contributed by atoms with E-state index in [-0.39, 0.29) is 12.1 Å². The molecule has 2 aliphatic rings. The summed E-state index contributed by atoms with van der Waals surface area (Å²) in [6, 6.07) is 7.83. The van der Waals surface area contributed by atoms with Crippen molar-refractivity contribution in [3.8, 4) is 0 Å². The Kier molecular flexibility index (Phi) is 2.52. The highest BCUT2D eigenvalue weighted by atomic mass is 32.2. The molecule has 2 fully saturated rings. The van der Waals surface area contributed by atoms with Crippen LogP contribution in [0, 0.1) is 6.92 Å². The fourth-order valence-electron chi connectivity index (χ4n) is 2.97. The number of hydrogen-bond donors (Lipinski definition) is 0. The number of hydrogen-bond acceptors (Lipinski definition) is 2. The third-order valence-corrected chi connectivity index (χ3v) is 6.02. The first-order valence-electron chi connectivity index (χ1n) is 6.21. The summed E-state index contributed by atoms with van der Waals surface area (Å²) in [6.07, 6.45) is 4.41. The van der Waals surface area contributed by atoms with Gasteiger partial charge in [0.05, 0.1) is 4.90 Å². The van der Waals surface area contributed by atoms with E-state index >= 15 is 0 Å². The van der Waals surface area contributed by atoms with Gasteiger partial charge in [-0.1, -0.05) is 31.0 Å². The van der Waals surface area contributed by atoms with Gasteiger partial charge in [0, 0.05) is 12.1 Å². The summed E-state index contributed by atoms with van der Waals surface area (Å²) in [5.74, 6) is 0. The van der Waals surface area contributed by atoms with Crippen LogP contribution in [-0.4, -0.2) is 24.8 Å². The van der Waals surface area contributed by atoms with Crippen molar-refractivity contribution in [3.63, 3.8) is 0 Å². The topological polar surface area (TPSA) is 37.1 Å². The van der Waals surface area contributed by atoms with E-state index in [1.807, 2.05) is 19.1 Å². The van der Waals surface area contributed by atoms with Gasteiger partial charge in [0.15, 0.2) is 0 Å². The van der Waals surface area contributed by atoms with Gasteiger partial charge in [0.25, 0.3) is 0 Å². The Morgan fingerprint density at radius 3 is 2.29 bits per heavy atom. The molecule has 2 atom stereocenters. The zero-order valence-electron chi connectivity index (χ0n) is 9.96. The highest BCUT2D eigenvalue weighted by Crippen LogP contribution is 2.44. The van der Waals surface area contributed by atoms with Crippen molar-refractivity contribution in [2.24, 2.45) is 0 Å². The third kappa shape index (κ3) is 1.70. The molecular weight excluding hydrogens is 234 g/mol. The zero-order chi connectivity index (χ0) is 12.0. The van der Waals surface area contributed by atoms with Crippen LogP contribution in [0.15, 0.2) is 29.2 Å². The Bertz CT molecular complexity index is 526. The largest absolute Gasteiger partial charge is 0.243 e. The Morgan fingerprint density at radius 2 is 1.71 bits per heavy atom. The van der Waals surface area contributed by atoms with E-state index in [0.717, 1.165) is 18.4 Å². The maximum Gasteiger partial charge on any atom is 0.243 e. The molecule has 1 aliphatic carbocycles. The molecule has 1 heterocycles. The van der Waals surface area contributed by atoms with Crippen LogP contribution in [0.5, 0.6) is 0 Å². The molecule has 2 unspecified atom stereocenters. The molecule has 0 N–H and O–H groups in total. The molecular formula is C13H17NO2S. The van der Waals surface area contributed by atoms with Crippen molar-refractivity contribution in [2.45, 2.75) is 49.6 Å². The van der Waals surface area contributed by atoms with Gasteiger partial charge >= 0.3 is 0 Å². The van der Waals surface area contributed by atoms with Crippen LogP contribution in [0.2, 0.25) is 0 Å². The van der Waals surface area contributed by atoms with Crippen LogP contribution in [0.4, 0.5) is 0 Å². The van der Waals surface area contributed by atoms with Crippen molar-refractivity contribution in [3.05, 3.63) is 29.8 Å². The maximum absolute atomic E-state index is 12.5. The van der Waals surface area contributed by atoms with Gasteiger partial charge in [-0.15, -0.1) is 0 Å². The molecule has 92 valence electrons. The molecule has 0 bridgehead atoms. The molecule has 3 nitrogen and oxygen atoms in total. The molecule has 1 aliphatic heterocycles. The minimum atomic E-state index is -3.25. The van der Waals surface area contributed by atoms with Gasteiger partial charge in [-0.2, -0.15) is 4.31 Å². The fraction of sp³-hybridized carbons (Fsp3) is 0.538. The second-order valence-electron chi connectivity index (χ2n) is 5.02. The molecule has 1 saturated heterocycles. The van der Waals surface area contributed by atoms with Gasteiger partial charge in [-0.3, -0.25) is 0 Å². The predicted octanol–water partition coefficient (Wildman–Crippen LogP) is 2.31. The highest BCUT2D eigenvalue weighted by molar-refractivity contribution is 7.89. The van der Waals surface area contributed by atoms with Crippen LogP contribution in [0.1, 0.15) is 31.2 Å². The lowest BCUT2D eigenvalue weighted by Crippen LogP contribution is -2.16. The zero-order valence-corrected chi connectivity index (χ0v) is 10.8. The monoisotopic (exact) mass is 251 g/mol. The fourth-order valence-corrected chi connectivity index (χ4v) is 5.07. The van der Waals surface area contributed by atoms with E-state index in [2.05, 4.69) is 0 Å². The van der Waals surface area contributed by atoms with Crippen LogP contribution in [0.3, 0.4) is 0 Å².